The summed E-state index contributed by atoms with van der Waals surface area (Å²) in [4.78, 5) is 7.51. The highest BCUT2D eigenvalue weighted by Gasteiger charge is 2.47. The van der Waals surface area contributed by atoms with Crippen LogP contribution >= 0.6 is 22.7 Å². The lowest BCUT2D eigenvalue weighted by molar-refractivity contribution is 0.768. The number of hydrogen-bond donors (Lipinski definition) is 0. The maximum Gasteiger partial charge on any atom is 0.0715 e. The monoisotopic (exact) mass is 1170 g/mol. The first-order valence-electron chi connectivity index (χ1n) is 30.5. The number of fused-ring (bicyclic) bond motifs is 7. The van der Waals surface area contributed by atoms with Gasteiger partial charge < -0.3 is 9.80 Å². The van der Waals surface area contributed by atoms with Crippen molar-refractivity contribution in [3.8, 4) is 54.3 Å². The molecule has 0 N–H and O–H groups in total. The molecule has 0 saturated heterocycles. The van der Waals surface area contributed by atoms with Crippen LogP contribution in [-0.2, 0) is 5.41 Å². The molecule has 2 heterocycles. The first-order chi connectivity index (χ1) is 44.1. The molecule has 1 aliphatic rings. The fourth-order valence-electron chi connectivity index (χ4n) is 14.1. The molecule has 0 spiro atoms. The third kappa shape index (κ3) is 8.90. The van der Waals surface area contributed by atoms with Crippen LogP contribution in [0.3, 0.4) is 0 Å². The van der Waals surface area contributed by atoms with E-state index in [1.807, 2.05) is 22.7 Å². The van der Waals surface area contributed by atoms with Gasteiger partial charge in [0.05, 0.1) is 5.41 Å². The molecular weight excluding hydrogens is 1110 g/mol. The van der Waals surface area contributed by atoms with Crippen molar-refractivity contribution < 1.29 is 0 Å². The lowest BCUT2D eigenvalue weighted by Crippen LogP contribution is -2.29. The van der Waals surface area contributed by atoms with Gasteiger partial charge in [-0.2, -0.15) is 0 Å². The van der Waals surface area contributed by atoms with Crippen molar-refractivity contribution in [2.75, 3.05) is 9.80 Å². The highest BCUT2D eigenvalue weighted by Crippen LogP contribution is 2.59. The minimum absolute atomic E-state index is 0.733. The van der Waals surface area contributed by atoms with Gasteiger partial charge in [0.25, 0.3) is 0 Å². The molecule has 0 bridgehead atoms. The van der Waals surface area contributed by atoms with E-state index in [9.17, 15) is 0 Å². The van der Waals surface area contributed by atoms with Gasteiger partial charge in [0, 0.05) is 75.2 Å². The average molecular weight is 1170 g/mol. The van der Waals surface area contributed by atoms with Crippen LogP contribution in [0.25, 0.3) is 96.0 Å². The molecule has 1 aliphatic carbocycles. The van der Waals surface area contributed by atoms with Gasteiger partial charge >= 0.3 is 0 Å². The summed E-state index contributed by atoms with van der Waals surface area (Å²) in [5.74, 6) is 0. The van der Waals surface area contributed by atoms with E-state index in [0.29, 0.717) is 0 Å². The van der Waals surface area contributed by atoms with Crippen molar-refractivity contribution in [3.05, 3.63) is 362 Å². The standard InChI is InChI=1S/C85H56N2S2/c1-7-25-59(26-8-1)81-75-49-45-71(55-79(75)88-83(81)61-29-11-3-12-30-61)86(67-41-39-57-23-19-21-33-63(57)51-67)69-43-47-73-74-48-44-70(54-78(74)85(77(73)53-69,65-35-15-5-16-36-65)66-37-17-6-18-38-66)87(68-42-40-58-24-20-22-34-64(58)52-68)72-46-50-76-80(56-72)89-84(62-31-13-4-14-32-62)82(76)60-27-9-2-10-28-60/h1-56H. The van der Waals surface area contributed by atoms with Crippen molar-refractivity contribution in [1.82, 2.24) is 0 Å². The zero-order valence-corrected chi connectivity index (χ0v) is 50.2. The van der Waals surface area contributed by atoms with Gasteiger partial charge in [0.1, 0.15) is 0 Å². The highest BCUT2D eigenvalue weighted by atomic mass is 32.1. The summed E-state index contributed by atoms with van der Waals surface area (Å²) in [6, 6.07) is 126. The molecule has 89 heavy (non-hydrogen) atoms. The molecule has 0 unspecified atom stereocenters. The summed E-state index contributed by atoms with van der Waals surface area (Å²) in [5, 5.41) is 7.29. The van der Waals surface area contributed by atoms with Crippen LogP contribution in [0.15, 0.2) is 340 Å². The Morgan fingerprint density at radius 3 is 0.933 bits per heavy atom. The molecule has 16 aromatic rings. The third-order valence-electron chi connectivity index (χ3n) is 18.1. The summed E-state index contributed by atoms with van der Waals surface area (Å²) in [7, 11) is 0. The van der Waals surface area contributed by atoms with E-state index in [1.165, 1.54) is 118 Å². The van der Waals surface area contributed by atoms with Gasteiger partial charge in [-0.25, -0.2) is 0 Å². The van der Waals surface area contributed by atoms with Crippen molar-refractivity contribution in [2.45, 2.75) is 5.41 Å². The fourth-order valence-corrected chi connectivity index (χ4v) is 16.6. The third-order valence-corrected chi connectivity index (χ3v) is 20.5. The second-order valence-electron chi connectivity index (χ2n) is 23.1. The first kappa shape index (κ1) is 52.4. The summed E-state index contributed by atoms with van der Waals surface area (Å²) >= 11 is 3.75. The number of nitrogens with zero attached hydrogens (tertiary/aromatic N) is 2. The Labute approximate surface area is 526 Å². The first-order valence-corrected chi connectivity index (χ1v) is 32.1. The van der Waals surface area contributed by atoms with Gasteiger partial charge in [-0.3, -0.25) is 0 Å². The lowest BCUT2D eigenvalue weighted by atomic mass is 9.67. The van der Waals surface area contributed by atoms with E-state index in [4.69, 9.17) is 0 Å². The predicted molar refractivity (Wildman–Crippen MR) is 381 cm³/mol. The van der Waals surface area contributed by atoms with Crippen LogP contribution in [0, 0.1) is 0 Å². The zero-order chi connectivity index (χ0) is 58.8. The van der Waals surface area contributed by atoms with Crippen LogP contribution in [0.5, 0.6) is 0 Å². The summed E-state index contributed by atoms with van der Waals surface area (Å²) in [6.45, 7) is 0. The fraction of sp³-hybridized carbons (Fsp3) is 0.0118. The molecule has 418 valence electrons. The van der Waals surface area contributed by atoms with E-state index >= 15 is 0 Å². The second kappa shape index (κ2) is 21.8. The molecule has 0 saturated carbocycles. The summed E-state index contributed by atoms with van der Waals surface area (Å²) in [6.07, 6.45) is 0. The van der Waals surface area contributed by atoms with Crippen molar-refractivity contribution in [1.29, 1.82) is 0 Å². The SMILES string of the molecule is c1ccc(-c2sc3cc(N(c4ccc5c(c4)C(c4ccccc4)(c4ccccc4)c4cc(N(c6ccc7ccccc7c6)c6ccc7c(-c8ccccc8)c(-c8ccccc8)sc7c6)ccc4-5)c4ccc5ccccc5c4)ccc3c2-c2ccccc2)cc1. The molecule has 14 aromatic carbocycles. The molecule has 0 atom stereocenters. The van der Waals surface area contributed by atoms with E-state index in [0.717, 1.165) is 34.1 Å². The molecule has 2 aromatic heterocycles. The number of thiophene rings is 2. The highest BCUT2D eigenvalue weighted by molar-refractivity contribution is 7.23. The number of benzene rings is 14. The van der Waals surface area contributed by atoms with Crippen LogP contribution < -0.4 is 9.80 Å². The van der Waals surface area contributed by atoms with Crippen LogP contribution in [0.1, 0.15) is 22.3 Å². The maximum absolute atomic E-state index is 2.51. The van der Waals surface area contributed by atoms with E-state index in [2.05, 4.69) is 350 Å². The van der Waals surface area contributed by atoms with Gasteiger partial charge in [-0.15, -0.1) is 22.7 Å². The summed E-state index contributed by atoms with van der Waals surface area (Å²) < 4.78 is 2.47. The Balaban J connectivity index is 0.884. The molecule has 0 aliphatic heterocycles. The Bertz CT molecular complexity index is 4970. The van der Waals surface area contributed by atoms with Gasteiger partial charge in [-0.1, -0.05) is 267 Å². The minimum atomic E-state index is -0.733. The van der Waals surface area contributed by atoms with E-state index in [1.54, 1.807) is 0 Å². The van der Waals surface area contributed by atoms with Crippen LogP contribution in [0.2, 0.25) is 0 Å². The summed E-state index contributed by atoms with van der Waals surface area (Å²) in [5.41, 5.74) is 20.5. The molecule has 2 nitrogen and oxygen atoms in total. The number of rotatable bonds is 12. The number of hydrogen-bond acceptors (Lipinski definition) is 4. The smallest absolute Gasteiger partial charge is 0.0715 e. The molecular formula is C85H56N2S2. The lowest BCUT2D eigenvalue weighted by Gasteiger charge is -2.35. The topological polar surface area (TPSA) is 6.48 Å². The quantitative estimate of drug-likeness (QED) is 0.120. The number of anilines is 6. The Morgan fingerprint density at radius 2 is 0.539 bits per heavy atom. The minimum Gasteiger partial charge on any atom is -0.310 e. The van der Waals surface area contributed by atoms with Crippen LogP contribution in [-0.4, -0.2) is 0 Å². The van der Waals surface area contributed by atoms with Crippen molar-refractivity contribution in [2.24, 2.45) is 0 Å². The Hall–Kier alpha value is -10.9. The normalized spacial score (nSPS) is 12.4. The van der Waals surface area contributed by atoms with Crippen molar-refractivity contribution in [3.63, 3.8) is 0 Å². The Morgan fingerprint density at radius 1 is 0.236 bits per heavy atom. The second-order valence-corrected chi connectivity index (χ2v) is 25.2. The zero-order valence-electron chi connectivity index (χ0n) is 48.5. The average Bonchev–Trinajstić information content (AvgIpc) is 1.69. The molecule has 0 amide bonds. The van der Waals surface area contributed by atoms with Gasteiger partial charge in [-0.05, 0) is 150 Å². The van der Waals surface area contributed by atoms with Gasteiger partial charge in [0.2, 0.25) is 0 Å². The molecule has 17 rings (SSSR count). The van der Waals surface area contributed by atoms with Crippen LogP contribution in [0.4, 0.5) is 34.1 Å². The maximum atomic E-state index is 2.51. The van der Waals surface area contributed by atoms with Crippen molar-refractivity contribution >= 4 is 98.5 Å². The van der Waals surface area contributed by atoms with Gasteiger partial charge in [0.15, 0.2) is 0 Å². The molecule has 4 heteroatoms. The van der Waals surface area contributed by atoms with E-state index in [-0.39, 0.29) is 0 Å². The largest absolute Gasteiger partial charge is 0.310 e. The predicted octanol–water partition coefficient (Wildman–Crippen LogP) is 24.4. The molecule has 0 fully saturated rings. The van der Waals surface area contributed by atoms with E-state index < -0.39 is 5.41 Å². The molecule has 0 radical (unpaired) electrons. The Kier molecular flexibility index (Phi) is 12.9.